The van der Waals surface area contributed by atoms with Crippen LogP contribution in [0.2, 0.25) is 0 Å². The number of hydrogen-bond donors (Lipinski definition) is 1. The molecule has 1 amide bonds. The molecule has 2 saturated heterocycles. The Balaban J connectivity index is 1.36. The Labute approximate surface area is 167 Å². The van der Waals surface area contributed by atoms with Crippen molar-refractivity contribution in [1.29, 1.82) is 0 Å². The van der Waals surface area contributed by atoms with Gasteiger partial charge in [0.15, 0.2) is 0 Å². The minimum Gasteiger partial charge on any atom is -0.376 e. The Kier molecular flexibility index (Phi) is 6.40. The first kappa shape index (κ1) is 19.2. The monoisotopic (exact) mass is 378 g/mol. The van der Waals surface area contributed by atoms with Crippen LogP contribution in [0.1, 0.15) is 48.0 Å². The van der Waals surface area contributed by atoms with Gasteiger partial charge < -0.3 is 10.1 Å². The van der Waals surface area contributed by atoms with E-state index in [0.717, 1.165) is 31.6 Å². The van der Waals surface area contributed by atoms with Crippen molar-refractivity contribution in [1.82, 2.24) is 10.2 Å². The quantitative estimate of drug-likeness (QED) is 0.817. The molecule has 0 unspecified atom stereocenters. The molecule has 2 fully saturated rings. The SMILES string of the molecule is O=C(NC[C@H]1CCCCO1)c1ccc(-c2cccc(CN3CCCC3)c2)cc1. The highest BCUT2D eigenvalue weighted by atomic mass is 16.5. The minimum atomic E-state index is -0.0245. The summed E-state index contributed by atoms with van der Waals surface area (Å²) in [5.41, 5.74) is 4.41. The molecule has 4 rings (SSSR count). The van der Waals surface area contributed by atoms with Crippen molar-refractivity contribution in [2.24, 2.45) is 0 Å². The van der Waals surface area contributed by atoms with Gasteiger partial charge in [-0.25, -0.2) is 0 Å². The van der Waals surface area contributed by atoms with E-state index in [1.54, 1.807) is 0 Å². The second kappa shape index (κ2) is 9.35. The van der Waals surface area contributed by atoms with Crippen molar-refractivity contribution >= 4 is 5.91 Å². The topological polar surface area (TPSA) is 41.6 Å². The van der Waals surface area contributed by atoms with E-state index >= 15 is 0 Å². The third-order valence-corrected chi connectivity index (χ3v) is 5.78. The Morgan fingerprint density at radius 2 is 1.82 bits per heavy atom. The van der Waals surface area contributed by atoms with Crippen LogP contribution in [0, 0.1) is 0 Å². The molecule has 0 spiro atoms. The van der Waals surface area contributed by atoms with Crippen molar-refractivity contribution in [3.8, 4) is 11.1 Å². The highest BCUT2D eigenvalue weighted by Gasteiger charge is 2.15. The largest absolute Gasteiger partial charge is 0.376 e. The van der Waals surface area contributed by atoms with Crippen molar-refractivity contribution in [2.45, 2.75) is 44.8 Å². The minimum absolute atomic E-state index is 0.0245. The highest BCUT2D eigenvalue weighted by Crippen LogP contribution is 2.23. The first-order chi connectivity index (χ1) is 13.8. The fourth-order valence-electron chi connectivity index (χ4n) is 4.14. The molecule has 0 bridgehead atoms. The number of benzene rings is 2. The van der Waals surface area contributed by atoms with Crippen LogP contribution in [0.5, 0.6) is 0 Å². The number of carbonyl (C=O) groups is 1. The van der Waals surface area contributed by atoms with E-state index < -0.39 is 0 Å². The molecule has 0 aromatic heterocycles. The van der Waals surface area contributed by atoms with Gasteiger partial charge in [-0.05, 0) is 80.1 Å². The lowest BCUT2D eigenvalue weighted by atomic mass is 10.0. The van der Waals surface area contributed by atoms with E-state index in [9.17, 15) is 4.79 Å². The Hall–Kier alpha value is -2.17. The lowest BCUT2D eigenvalue weighted by molar-refractivity contribution is 0.0169. The van der Waals surface area contributed by atoms with Gasteiger partial charge in [0.25, 0.3) is 5.91 Å². The average Bonchev–Trinajstić information content (AvgIpc) is 3.26. The molecule has 2 aromatic rings. The number of carbonyl (C=O) groups excluding carboxylic acids is 1. The number of nitrogens with zero attached hydrogens (tertiary/aromatic N) is 1. The molecule has 0 aliphatic carbocycles. The highest BCUT2D eigenvalue weighted by molar-refractivity contribution is 5.94. The van der Waals surface area contributed by atoms with Gasteiger partial charge in [0.05, 0.1) is 6.10 Å². The normalized spacial score (nSPS) is 20.2. The van der Waals surface area contributed by atoms with E-state index in [1.165, 1.54) is 43.5 Å². The fourth-order valence-corrected chi connectivity index (χ4v) is 4.14. The number of amides is 1. The zero-order valence-electron chi connectivity index (χ0n) is 16.5. The third-order valence-electron chi connectivity index (χ3n) is 5.78. The lowest BCUT2D eigenvalue weighted by Crippen LogP contribution is -2.35. The predicted octanol–water partition coefficient (Wildman–Crippen LogP) is 4.25. The maximum atomic E-state index is 12.4. The molecule has 2 aromatic carbocycles. The summed E-state index contributed by atoms with van der Waals surface area (Å²) in [4.78, 5) is 14.9. The molecule has 4 nitrogen and oxygen atoms in total. The van der Waals surface area contributed by atoms with Crippen molar-refractivity contribution < 1.29 is 9.53 Å². The van der Waals surface area contributed by atoms with Crippen LogP contribution >= 0.6 is 0 Å². The number of nitrogens with one attached hydrogen (secondary N) is 1. The second-order valence-electron chi connectivity index (χ2n) is 7.96. The molecular weight excluding hydrogens is 348 g/mol. The summed E-state index contributed by atoms with van der Waals surface area (Å²) in [5, 5.41) is 3.01. The smallest absolute Gasteiger partial charge is 0.251 e. The van der Waals surface area contributed by atoms with Gasteiger partial charge in [0, 0.05) is 25.3 Å². The van der Waals surface area contributed by atoms with Gasteiger partial charge in [-0.2, -0.15) is 0 Å². The number of rotatable bonds is 6. The van der Waals surface area contributed by atoms with Crippen LogP contribution in [0.3, 0.4) is 0 Å². The van der Waals surface area contributed by atoms with Gasteiger partial charge >= 0.3 is 0 Å². The summed E-state index contributed by atoms with van der Waals surface area (Å²) in [6, 6.07) is 16.7. The predicted molar refractivity (Wildman–Crippen MR) is 112 cm³/mol. The molecular formula is C24H30N2O2. The first-order valence-electron chi connectivity index (χ1n) is 10.6. The van der Waals surface area contributed by atoms with Gasteiger partial charge in [0.2, 0.25) is 0 Å². The maximum Gasteiger partial charge on any atom is 0.251 e. The van der Waals surface area contributed by atoms with E-state index in [1.807, 2.05) is 24.3 Å². The van der Waals surface area contributed by atoms with E-state index in [0.29, 0.717) is 12.1 Å². The van der Waals surface area contributed by atoms with E-state index in [2.05, 4.69) is 34.5 Å². The summed E-state index contributed by atoms with van der Waals surface area (Å²) >= 11 is 0. The van der Waals surface area contributed by atoms with Crippen LogP contribution in [0.25, 0.3) is 11.1 Å². The molecule has 0 radical (unpaired) electrons. The first-order valence-corrected chi connectivity index (χ1v) is 10.6. The molecule has 4 heteroatoms. The second-order valence-corrected chi connectivity index (χ2v) is 7.96. The maximum absolute atomic E-state index is 12.4. The summed E-state index contributed by atoms with van der Waals surface area (Å²) in [6.07, 6.45) is 6.14. The van der Waals surface area contributed by atoms with Crippen molar-refractivity contribution in [3.63, 3.8) is 0 Å². The van der Waals surface area contributed by atoms with Crippen LogP contribution < -0.4 is 5.32 Å². The van der Waals surface area contributed by atoms with Gasteiger partial charge in [-0.3, -0.25) is 9.69 Å². The average molecular weight is 379 g/mol. The molecule has 1 atom stereocenters. The van der Waals surface area contributed by atoms with Gasteiger partial charge in [0.1, 0.15) is 0 Å². The summed E-state index contributed by atoms with van der Waals surface area (Å²) in [6.45, 7) is 4.85. The van der Waals surface area contributed by atoms with Crippen LogP contribution in [0.15, 0.2) is 48.5 Å². The van der Waals surface area contributed by atoms with Crippen molar-refractivity contribution in [3.05, 3.63) is 59.7 Å². The van der Waals surface area contributed by atoms with Gasteiger partial charge in [-0.15, -0.1) is 0 Å². The van der Waals surface area contributed by atoms with Crippen LogP contribution in [-0.2, 0) is 11.3 Å². The molecule has 1 N–H and O–H groups in total. The molecule has 2 aliphatic rings. The standard InChI is InChI=1S/C24H30N2O2/c27-24(25-17-23-8-1-4-15-28-23)21-11-9-20(10-12-21)22-7-5-6-19(16-22)18-26-13-2-3-14-26/h5-7,9-12,16,23H,1-4,8,13-15,17-18H2,(H,25,27)/t23-/m1/s1. The summed E-state index contributed by atoms with van der Waals surface area (Å²) in [7, 11) is 0. The van der Waals surface area contributed by atoms with Crippen LogP contribution in [0.4, 0.5) is 0 Å². The van der Waals surface area contributed by atoms with Crippen LogP contribution in [-0.4, -0.2) is 43.2 Å². The summed E-state index contributed by atoms with van der Waals surface area (Å²) < 4.78 is 5.68. The molecule has 148 valence electrons. The molecule has 0 saturated carbocycles. The summed E-state index contributed by atoms with van der Waals surface area (Å²) in [5.74, 6) is -0.0245. The zero-order chi connectivity index (χ0) is 19.2. The number of likely N-dealkylation sites (tertiary alicyclic amines) is 1. The fraction of sp³-hybridized carbons (Fsp3) is 0.458. The molecule has 28 heavy (non-hydrogen) atoms. The zero-order valence-corrected chi connectivity index (χ0v) is 16.5. The van der Waals surface area contributed by atoms with Gasteiger partial charge in [-0.1, -0.05) is 30.3 Å². The molecule has 2 heterocycles. The van der Waals surface area contributed by atoms with E-state index in [4.69, 9.17) is 4.74 Å². The van der Waals surface area contributed by atoms with Crippen molar-refractivity contribution in [2.75, 3.05) is 26.2 Å². The number of hydrogen-bond acceptors (Lipinski definition) is 3. The third kappa shape index (κ3) is 5.00. The molecule has 2 aliphatic heterocycles. The Morgan fingerprint density at radius 3 is 2.57 bits per heavy atom. The Bertz CT molecular complexity index is 775. The Morgan fingerprint density at radius 1 is 1.00 bits per heavy atom. The van der Waals surface area contributed by atoms with E-state index in [-0.39, 0.29) is 12.0 Å². The number of ether oxygens (including phenoxy) is 1. The lowest BCUT2D eigenvalue weighted by Gasteiger charge is -2.22.